The molecule has 1 N–H and O–H groups in total. The van der Waals surface area contributed by atoms with Gasteiger partial charge in [0.1, 0.15) is 6.07 Å². The summed E-state index contributed by atoms with van der Waals surface area (Å²) in [5.41, 5.74) is 0.893. The van der Waals surface area contributed by atoms with Crippen molar-refractivity contribution >= 4 is 11.4 Å². The Morgan fingerprint density at radius 3 is 2.61 bits per heavy atom. The molecule has 0 amide bonds. The van der Waals surface area contributed by atoms with Crippen LogP contribution in [0.3, 0.4) is 0 Å². The average Bonchev–Trinajstić information content (AvgIpc) is 2.35. The normalized spacial score (nSPS) is 11.9. The van der Waals surface area contributed by atoms with Crippen LogP contribution in [0.4, 0.5) is 11.4 Å². The molecule has 1 unspecified atom stereocenters. The fourth-order valence-corrected chi connectivity index (χ4v) is 1.40. The molecule has 0 aliphatic rings. The lowest BCUT2D eigenvalue weighted by Gasteiger charge is -2.17. The van der Waals surface area contributed by atoms with E-state index in [4.69, 9.17) is 5.26 Å². The van der Waals surface area contributed by atoms with Crippen molar-refractivity contribution in [3.63, 3.8) is 0 Å². The predicted molar refractivity (Wildman–Crippen MR) is 70.3 cm³/mol. The molecule has 0 aliphatic carbocycles. The second-order valence-corrected chi connectivity index (χ2v) is 4.70. The molecular formula is C13H17N3O2. The quantitative estimate of drug-likeness (QED) is 0.640. The number of benzene rings is 1. The van der Waals surface area contributed by atoms with Gasteiger partial charge in [0.2, 0.25) is 0 Å². The third-order valence-corrected chi connectivity index (χ3v) is 3.09. The lowest BCUT2D eigenvalue weighted by Crippen LogP contribution is -2.16. The monoisotopic (exact) mass is 247 g/mol. The van der Waals surface area contributed by atoms with E-state index in [1.54, 1.807) is 6.07 Å². The number of rotatable bonds is 5. The van der Waals surface area contributed by atoms with Gasteiger partial charge in [-0.2, -0.15) is 5.26 Å². The Labute approximate surface area is 107 Å². The first-order chi connectivity index (χ1) is 8.45. The van der Waals surface area contributed by atoms with Gasteiger partial charge in [0.25, 0.3) is 5.69 Å². The maximum atomic E-state index is 10.6. The molecule has 0 radical (unpaired) electrons. The summed E-state index contributed by atoms with van der Waals surface area (Å²) >= 11 is 0. The number of nitrogens with zero attached hydrogens (tertiary/aromatic N) is 2. The summed E-state index contributed by atoms with van der Waals surface area (Å²) in [6, 6.07) is 6.26. The average molecular weight is 247 g/mol. The van der Waals surface area contributed by atoms with E-state index in [1.807, 2.05) is 6.07 Å². The smallest absolute Gasteiger partial charge is 0.270 e. The van der Waals surface area contributed by atoms with Crippen molar-refractivity contribution in [1.82, 2.24) is 0 Å². The minimum Gasteiger partial charge on any atom is -0.384 e. The lowest BCUT2D eigenvalue weighted by atomic mass is 9.98. The molecule has 0 saturated heterocycles. The standard InChI is InChI=1S/C13H17N3O2/c1-9(2)10(3)8-15-13-5-4-12(16(17)18)6-11(13)7-14/h4-6,9-10,15H,8H2,1-3H3. The van der Waals surface area contributed by atoms with Gasteiger partial charge in [0.15, 0.2) is 0 Å². The van der Waals surface area contributed by atoms with Crippen LogP contribution in [0.15, 0.2) is 18.2 Å². The number of non-ortho nitro benzene ring substituents is 1. The Morgan fingerprint density at radius 1 is 1.44 bits per heavy atom. The number of nitrogens with one attached hydrogen (secondary N) is 1. The summed E-state index contributed by atoms with van der Waals surface area (Å²) < 4.78 is 0. The molecule has 0 aliphatic heterocycles. The maximum absolute atomic E-state index is 10.6. The fraction of sp³-hybridized carbons (Fsp3) is 0.462. The molecule has 1 aromatic rings. The van der Waals surface area contributed by atoms with E-state index in [-0.39, 0.29) is 5.69 Å². The van der Waals surface area contributed by atoms with Gasteiger partial charge in [-0.1, -0.05) is 20.8 Å². The van der Waals surface area contributed by atoms with Crippen LogP contribution in [0.5, 0.6) is 0 Å². The molecule has 5 nitrogen and oxygen atoms in total. The van der Waals surface area contributed by atoms with Crippen LogP contribution in [-0.2, 0) is 0 Å². The minimum absolute atomic E-state index is 0.0611. The van der Waals surface area contributed by atoms with E-state index in [9.17, 15) is 10.1 Å². The number of nitriles is 1. The van der Waals surface area contributed by atoms with E-state index < -0.39 is 4.92 Å². The molecule has 0 heterocycles. The Bertz CT molecular complexity index is 478. The van der Waals surface area contributed by atoms with Crippen LogP contribution >= 0.6 is 0 Å². The molecule has 0 spiro atoms. The van der Waals surface area contributed by atoms with Gasteiger partial charge >= 0.3 is 0 Å². The van der Waals surface area contributed by atoms with Crippen LogP contribution < -0.4 is 5.32 Å². The van der Waals surface area contributed by atoms with Crippen LogP contribution in [0.1, 0.15) is 26.3 Å². The maximum Gasteiger partial charge on any atom is 0.270 e. The predicted octanol–water partition coefficient (Wildman–Crippen LogP) is 3.17. The van der Waals surface area contributed by atoms with Gasteiger partial charge in [0.05, 0.1) is 16.2 Å². The van der Waals surface area contributed by atoms with Crippen molar-refractivity contribution in [1.29, 1.82) is 5.26 Å². The van der Waals surface area contributed by atoms with Gasteiger partial charge in [-0.3, -0.25) is 10.1 Å². The van der Waals surface area contributed by atoms with Crippen molar-refractivity contribution in [3.8, 4) is 6.07 Å². The second-order valence-electron chi connectivity index (χ2n) is 4.70. The molecule has 0 bridgehead atoms. The molecule has 5 heteroatoms. The number of anilines is 1. The fourth-order valence-electron chi connectivity index (χ4n) is 1.40. The van der Waals surface area contributed by atoms with E-state index in [0.717, 1.165) is 6.54 Å². The van der Waals surface area contributed by atoms with E-state index in [2.05, 4.69) is 26.1 Å². The number of nitro groups is 1. The Morgan fingerprint density at radius 2 is 2.11 bits per heavy atom. The highest BCUT2D eigenvalue weighted by Crippen LogP contribution is 2.22. The second kappa shape index (κ2) is 6.01. The lowest BCUT2D eigenvalue weighted by molar-refractivity contribution is -0.384. The SMILES string of the molecule is CC(C)C(C)CNc1ccc([N+](=O)[O-])cc1C#N. The van der Waals surface area contributed by atoms with Crippen LogP contribution in [-0.4, -0.2) is 11.5 Å². The first-order valence-corrected chi connectivity index (χ1v) is 5.88. The summed E-state index contributed by atoms with van der Waals surface area (Å²) in [6.07, 6.45) is 0. The summed E-state index contributed by atoms with van der Waals surface area (Å²) in [7, 11) is 0. The zero-order chi connectivity index (χ0) is 13.7. The minimum atomic E-state index is -0.499. The van der Waals surface area contributed by atoms with Crippen LogP contribution in [0.2, 0.25) is 0 Å². The third-order valence-electron chi connectivity index (χ3n) is 3.09. The topological polar surface area (TPSA) is 79.0 Å². The molecule has 1 rings (SSSR count). The number of hydrogen-bond donors (Lipinski definition) is 1. The summed E-state index contributed by atoms with van der Waals surface area (Å²) in [4.78, 5) is 10.1. The van der Waals surface area contributed by atoms with Crippen LogP contribution in [0, 0.1) is 33.3 Å². The van der Waals surface area contributed by atoms with Crippen molar-refractivity contribution in [2.45, 2.75) is 20.8 Å². The van der Waals surface area contributed by atoms with E-state index in [0.29, 0.717) is 23.1 Å². The zero-order valence-electron chi connectivity index (χ0n) is 10.8. The van der Waals surface area contributed by atoms with Crippen molar-refractivity contribution < 1.29 is 4.92 Å². The molecule has 1 atom stereocenters. The van der Waals surface area contributed by atoms with Gasteiger partial charge < -0.3 is 5.32 Å². The summed E-state index contributed by atoms with van der Waals surface area (Å²) in [5.74, 6) is 1.01. The number of hydrogen-bond acceptors (Lipinski definition) is 4. The molecule has 0 fully saturated rings. The van der Waals surface area contributed by atoms with E-state index >= 15 is 0 Å². The highest BCUT2D eigenvalue weighted by atomic mass is 16.6. The highest BCUT2D eigenvalue weighted by Gasteiger charge is 2.12. The molecular weight excluding hydrogens is 230 g/mol. The van der Waals surface area contributed by atoms with Crippen molar-refractivity contribution in [2.75, 3.05) is 11.9 Å². The molecule has 96 valence electrons. The Kier molecular flexibility index (Phi) is 4.67. The zero-order valence-corrected chi connectivity index (χ0v) is 10.8. The largest absolute Gasteiger partial charge is 0.384 e. The van der Waals surface area contributed by atoms with E-state index in [1.165, 1.54) is 12.1 Å². The Hall–Kier alpha value is -2.09. The Balaban J connectivity index is 2.84. The van der Waals surface area contributed by atoms with Crippen molar-refractivity contribution in [2.24, 2.45) is 11.8 Å². The van der Waals surface area contributed by atoms with Gasteiger partial charge in [-0.25, -0.2) is 0 Å². The third kappa shape index (κ3) is 3.45. The highest BCUT2D eigenvalue weighted by molar-refractivity contribution is 5.61. The molecule has 1 aromatic carbocycles. The summed E-state index contributed by atoms with van der Waals surface area (Å²) in [6.45, 7) is 7.13. The van der Waals surface area contributed by atoms with Gasteiger partial charge in [-0.15, -0.1) is 0 Å². The molecule has 18 heavy (non-hydrogen) atoms. The molecule has 0 aromatic heterocycles. The van der Waals surface area contributed by atoms with Gasteiger partial charge in [0, 0.05) is 18.7 Å². The van der Waals surface area contributed by atoms with Gasteiger partial charge in [-0.05, 0) is 17.9 Å². The first-order valence-electron chi connectivity index (χ1n) is 5.88. The first kappa shape index (κ1) is 14.0. The molecule has 0 saturated carbocycles. The van der Waals surface area contributed by atoms with Crippen molar-refractivity contribution in [3.05, 3.63) is 33.9 Å². The number of nitro benzene ring substituents is 1. The summed E-state index contributed by atoms with van der Waals surface area (Å²) in [5, 5.41) is 22.8. The van der Waals surface area contributed by atoms with Crippen LogP contribution in [0.25, 0.3) is 0 Å².